The lowest BCUT2D eigenvalue weighted by molar-refractivity contribution is -0.132. The van der Waals surface area contributed by atoms with E-state index in [1.165, 1.54) is 11.9 Å². The lowest BCUT2D eigenvalue weighted by atomic mass is 9.87. The standard InChI is InChI=1S/C21H23N3O3/c1-23-19(25)21(22-20(23)26)11-13-24(14-12-21)15-16-7-5-6-10-18(16)27-17-8-3-2-4-9-17/h2-10H,11-15H2,1H3,(H,22,26). The van der Waals surface area contributed by atoms with Crippen molar-refractivity contribution >= 4 is 11.9 Å². The summed E-state index contributed by atoms with van der Waals surface area (Å²) >= 11 is 0. The second kappa shape index (κ2) is 7.04. The summed E-state index contributed by atoms with van der Waals surface area (Å²) in [6.07, 6.45) is 1.26. The summed E-state index contributed by atoms with van der Waals surface area (Å²) < 4.78 is 6.05. The Bertz CT molecular complexity index is 845. The molecular formula is C21H23N3O3. The molecule has 2 heterocycles. The SMILES string of the molecule is CN1C(=O)NC2(CCN(Cc3ccccc3Oc3ccccc3)CC2)C1=O. The Morgan fingerprint density at radius 1 is 1.00 bits per heavy atom. The Hall–Kier alpha value is -2.86. The molecule has 2 fully saturated rings. The first kappa shape index (κ1) is 17.5. The van der Waals surface area contributed by atoms with Crippen molar-refractivity contribution in [2.24, 2.45) is 0 Å². The summed E-state index contributed by atoms with van der Waals surface area (Å²) in [5.41, 5.74) is 0.388. The van der Waals surface area contributed by atoms with E-state index in [1.54, 1.807) is 0 Å². The molecule has 2 aromatic carbocycles. The number of likely N-dealkylation sites (tertiary alicyclic amines) is 1. The third-order valence-electron chi connectivity index (χ3n) is 5.41. The molecule has 0 aliphatic carbocycles. The molecular weight excluding hydrogens is 342 g/mol. The predicted molar refractivity (Wildman–Crippen MR) is 102 cm³/mol. The maximum Gasteiger partial charge on any atom is 0.324 e. The summed E-state index contributed by atoms with van der Waals surface area (Å²) in [7, 11) is 1.54. The molecule has 0 saturated carbocycles. The van der Waals surface area contributed by atoms with Gasteiger partial charge in [-0.05, 0) is 31.0 Å². The number of ether oxygens (including phenoxy) is 1. The first-order chi connectivity index (χ1) is 13.1. The van der Waals surface area contributed by atoms with Crippen LogP contribution < -0.4 is 10.1 Å². The first-order valence-corrected chi connectivity index (χ1v) is 9.21. The number of imide groups is 1. The van der Waals surface area contributed by atoms with Crippen molar-refractivity contribution in [3.8, 4) is 11.5 Å². The maximum atomic E-state index is 12.4. The van der Waals surface area contributed by atoms with E-state index < -0.39 is 5.54 Å². The number of urea groups is 1. The zero-order valence-electron chi connectivity index (χ0n) is 15.4. The van der Waals surface area contributed by atoms with Gasteiger partial charge in [0.1, 0.15) is 17.0 Å². The van der Waals surface area contributed by atoms with Crippen molar-refractivity contribution < 1.29 is 14.3 Å². The van der Waals surface area contributed by atoms with Crippen LogP contribution in [0.4, 0.5) is 4.79 Å². The number of carbonyl (C=O) groups excluding carboxylic acids is 2. The Morgan fingerprint density at radius 2 is 1.67 bits per heavy atom. The van der Waals surface area contributed by atoms with Gasteiger partial charge in [-0.3, -0.25) is 14.6 Å². The van der Waals surface area contributed by atoms with Gasteiger partial charge < -0.3 is 10.1 Å². The second-order valence-electron chi connectivity index (χ2n) is 7.18. The minimum Gasteiger partial charge on any atom is -0.457 e. The number of nitrogens with one attached hydrogen (secondary N) is 1. The third-order valence-corrected chi connectivity index (χ3v) is 5.41. The van der Waals surface area contributed by atoms with Gasteiger partial charge in [-0.15, -0.1) is 0 Å². The van der Waals surface area contributed by atoms with Crippen molar-refractivity contribution in [1.29, 1.82) is 0 Å². The second-order valence-corrected chi connectivity index (χ2v) is 7.18. The quantitative estimate of drug-likeness (QED) is 0.846. The highest BCUT2D eigenvalue weighted by Gasteiger charge is 2.50. The van der Waals surface area contributed by atoms with Gasteiger partial charge in [0, 0.05) is 32.2 Å². The van der Waals surface area contributed by atoms with Crippen molar-refractivity contribution in [2.45, 2.75) is 24.9 Å². The van der Waals surface area contributed by atoms with Gasteiger partial charge >= 0.3 is 6.03 Å². The van der Waals surface area contributed by atoms with Crippen LogP contribution in [0.5, 0.6) is 11.5 Å². The third kappa shape index (κ3) is 3.40. The zero-order valence-corrected chi connectivity index (χ0v) is 15.4. The maximum absolute atomic E-state index is 12.4. The molecule has 0 radical (unpaired) electrons. The normalized spacial score (nSPS) is 19.4. The van der Waals surface area contributed by atoms with Crippen LogP contribution in [0.1, 0.15) is 18.4 Å². The molecule has 2 aromatic rings. The molecule has 2 aliphatic heterocycles. The van der Waals surface area contributed by atoms with Gasteiger partial charge in [-0.2, -0.15) is 0 Å². The number of amides is 3. The molecule has 6 heteroatoms. The van der Waals surface area contributed by atoms with Crippen molar-refractivity contribution in [3.05, 3.63) is 60.2 Å². The lowest BCUT2D eigenvalue weighted by Gasteiger charge is -2.37. The van der Waals surface area contributed by atoms with Gasteiger partial charge in [-0.1, -0.05) is 36.4 Å². The molecule has 1 spiro atoms. The number of likely N-dealkylation sites (N-methyl/N-ethyl adjacent to an activating group) is 1. The number of para-hydroxylation sites is 2. The molecule has 2 aliphatic rings. The van der Waals surface area contributed by atoms with E-state index >= 15 is 0 Å². The van der Waals surface area contributed by atoms with Gasteiger partial charge in [-0.25, -0.2) is 4.79 Å². The molecule has 140 valence electrons. The van der Waals surface area contributed by atoms with Crippen LogP contribution in [0, 0.1) is 0 Å². The fourth-order valence-corrected chi connectivity index (χ4v) is 3.78. The van der Waals surface area contributed by atoms with E-state index in [-0.39, 0.29) is 11.9 Å². The van der Waals surface area contributed by atoms with Crippen LogP contribution in [0.2, 0.25) is 0 Å². The summed E-state index contributed by atoms with van der Waals surface area (Å²) in [6.45, 7) is 2.25. The predicted octanol–water partition coefficient (Wildman–Crippen LogP) is 3.00. The van der Waals surface area contributed by atoms with Crippen molar-refractivity contribution in [1.82, 2.24) is 15.1 Å². The monoisotopic (exact) mass is 365 g/mol. The fourth-order valence-electron chi connectivity index (χ4n) is 3.78. The van der Waals surface area contributed by atoms with Crippen LogP contribution in [0.3, 0.4) is 0 Å². The number of piperidine rings is 1. The molecule has 3 amide bonds. The molecule has 1 N–H and O–H groups in total. The number of carbonyl (C=O) groups is 2. The minimum atomic E-state index is -0.720. The largest absolute Gasteiger partial charge is 0.457 e. The highest BCUT2D eigenvalue weighted by molar-refractivity contribution is 6.06. The number of nitrogens with zero attached hydrogens (tertiary/aromatic N) is 2. The average molecular weight is 365 g/mol. The number of benzene rings is 2. The van der Waals surface area contributed by atoms with Gasteiger partial charge in [0.15, 0.2) is 0 Å². The van der Waals surface area contributed by atoms with Crippen LogP contribution in [-0.4, -0.2) is 47.4 Å². The summed E-state index contributed by atoms with van der Waals surface area (Å²) in [4.78, 5) is 27.7. The smallest absolute Gasteiger partial charge is 0.324 e. The highest BCUT2D eigenvalue weighted by atomic mass is 16.5. The number of rotatable bonds is 4. The van der Waals surface area contributed by atoms with E-state index in [0.717, 1.165) is 36.7 Å². The molecule has 0 bridgehead atoms. The molecule has 27 heavy (non-hydrogen) atoms. The first-order valence-electron chi connectivity index (χ1n) is 9.21. The zero-order chi connectivity index (χ0) is 18.9. The molecule has 4 rings (SSSR count). The van der Waals surface area contributed by atoms with E-state index in [9.17, 15) is 9.59 Å². The molecule has 0 atom stereocenters. The summed E-state index contributed by atoms with van der Waals surface area (Å²) in [6, 6.07) is 17.5. The van der Waals surface area contributed by atoms with Gasteiger partial charge in [0.05, 0.1) is 0 Å². The van der Waals surface area contributed by atoms with Crippen LogP contribution >= 0.6 is 0 Å². The van der Waals surface area contributed by atoms with Crippen LogP contribution in [0.15, 0.2) is 54.6 Å². The van der Waals surface area contributed by atoms with E-state index in [1.807, 2.05) is 48.5 Å². The summed E-state index contributed by atoms with van der Waals surface area (Å²) in [5.74, 6) is 1.54. The van der Waals surface area contributed by atoms with E-state index in [0.29, 0.717) is 12.8 Å². The molecule has 0 unspecified atom stereocenters. The number of hydrogen-bond donors (Lipinski definition) is 1. The molecule has 0 aromatic heterocycles. The highest BCUT2D eigenvalue weighted by Crippen LogP contribution is 2.31. The number of hydrogen-bond acceptors (Lipinski definition) is 4. The van der Waals surface area contributed by atoms with Crippen LogP contribution in [0.25, 0.3) is 0 Å². The lowest BCUT2D eigenvalue weighted by Crippen LogP contribution is -2.54. The van der Waals surface area contributed by atoms with Gasteiger partial charge in [0.2, 0.25) is 0 Å². The van der Waals surface area contributed by atoms with E-state index in [2.05, 4.69) is 16.3 Å². The topological polar surface area (TPSA) is 61.9 Å². The van der Waals surface area contributed by atoms with Crippen molar-refractivity contribution in [2.75, 3.05) is 20.1 Å². The Balaban J connectivity index is 1.43. The molecule has 2 saturated heterocycles. The van der Waals surface area contributed by atoms with Crippen LogP contribution in [-0.2, 0) is 11.3 Å². The Morgan fingerprint density at radius 3 is 2.33 bits per heavy atom. The Labute approximate surface area is 158 Å². The summed E-state index contributed by atoms with van der Waals surface area (Å²) in [5, 5.41) is 2.88. The minimum absolute atomic E-state index is 0.111. The van der Waals surface area contributed by atoms with Gasteiger partial charge in [0.25, 0.3) is 5.91 Å². The molecule has 6 nitrogen and oxygen atoms in total. The van der Waals surface area contributed by atoms with E-state index in [4.69, 9.17) is 4.74 Å². The Kier molecular flexibility index (Phi) is 4.58. The van der Waals surface area contributed by atoms with Crippen molar-refractivity contribution in [3.63, 3.8) is 0 Å². The average Bonchev–Trinajstić information content (AvgIpc) is 2.90. The fraction of sp³-hybridized carbons (Fsp3) is 0.333.